The number of benzene rings is 1. The second kappa shape index (κ2) is 5.47. The number of aromatic carboxylic acids is 1. The standard InChI is InChI=1S/C15H15NO5/c1-19-12-4-2-3-10(14(12)20-8-9-5-6-9)11-7-13(15(17)18)21-16-11/h2-4,7,9H,5-6,8H2,1H3,(H,17,18). The Labute approximate surface area is 121 Å². The quantitative estimate of drug-likeness (QED) is 0.880. The lowest BCUT2D eigenvalue weighted by Crippen LogP contribution is -2.02. The first-order chi connectivity index (χ1) is 10.2. The molecule has 0 radical (unpaired) electrons. The van der Waals surface area contributed by atoms with Crippen LogP contribution < -0.4 is 9.47 Å². The molecule has 1 aromatic heterocycles. The van der Waals surface area contributed by atoms with Gasteiger partial charge >= 0.3 is 5.97 Å². The summed E-state index contributed by atoms with van der Waals surface area (Å²) in [6.07, 6.45) is 2.36. The molecule has 1 aliphatic rings. The maximum Gasteiger partial charge on any atom is 0.374 e. The summed E-state index contributed by atoms with van der Waals surface area (Å²) in [6, 6.07) is 6.77. The fraction of sp³-hybridized carbons (Fsp3) is 0.333. The minimum atomic E-state index is -1.16. The largest absolute Gasteiger partial charge is 0.493 e. The summed E-state index contributed by atoms with van der Waals surface area (Å²) in [7, 11) is 1.56. The molecular weight excluding hydrogens is 274 g/mol. The molecule has 0 saturated heterocycles. The Kier molecular flexibility index (Phi) is 3.51. The van der Waals surface area contributed by atoms with E-state index < -0.39 is 5.97 Å². The number of carboxylic acids is 1. The summed E-state index contributed by atoms with van der Waals surface area (Å²) < 4.78 is 16.0. The van der Waals surface area contributed by atoms with E-state index in [1.807, 2.05) is 0 Å². The lowest BCUT2D eigenvalue weighted by molar-refractivity contribution is 0.0652. The predicted octanol–water partition coefficient (Wildman–Crippen LogP) is 2.84. The zero-order chi connectivity index (χ0) is 14.8. The second-order valence-corrected chi connectivity index (χ2v) is 4.97. The van der Waals surface area contributed by atoms with Gasteiger partial charge in [-0.15, -0.1) is 0 Å². The SMILES string of the molecule is COc1cccc(-c2cc(C(=O)O)on2)c1OCC1CC1. The number of ether oxygens (including phenoxy) is 2. The van der Waals surface area contributed by atoms with Crippen LogP contribution >= 0.6 is 0 Å². The first kappa shape index (κ1) is 13.5. The molecular formula is C15H15NO5. The highest BCUT2D eigenvalue weighted by Gasteiger charge is 2.24. The predicted molar refractivity (Wildman–Crippen MR) is 73.7 cm³/mol. The van der Waals surface area contributed by atoms with Crippen LogP contribution in [0.25, 0.3) is 11.3 Å². The highest BCUT2D eigenvalue weighted by atomic mass is 16.5. The van der Waals surface area contributed by atoms with Gasteiger partial charge in [-0.3, -0.25) is 0 Å². The van der Waals surface area contributed by atoms with Crippen LogP contribution in [0.5, 0.6) is 11.5 Å². The van der Waals surface area contributed by atoms with Crippen molar-refractivity contribution in [3.05, 3.63) is 30.0 Å². The van der Waals surface area contributed by atoms with Crippen LogP contribution in [0.3, 0.4) is 0 Å². The van der Waals surface area contributed by atoms with Crippen LogP contribution in [0.2, 0.25) is 0 Å². The molecule has 21 heavy (non-hydrogen) atoms. The first-order valence-electron chi connectivity index (χ1n) is 6.69. The summed E-state index contributed by atoms with van der Waals surface area (Å²) in [6.45, 7) is 0.622. The van der Waals surface area contributed by atoms with Gasteiger partial charge in [0.15, 0.2) is 11.5 Å². The third kappa shape index (κ3) is 2.84. The maximum atomic E-state index is 10.9. The molecule has 0 bridgehead atoms. The highest BCUT2D eigenvalue weighted by molar-refractivity contribution is 5.86. The van der Waals surface area contributed by atoms with Crippen molar-refractivity contribution in [1.82, 2.24) is 5.16 Å². The molecule has 3 rings (SSSR count). The monoisotopic (exact) mass is 289 g/mol. The zero-order valence-electron chi connectivity index (χ0n) is 11.5. The van der Waals surface area contributed by atoms with Gasteiger partial charge in [-0.05, 0) is 30.9 Å². The molecule has 2 aromatic rings. The lowest BCUT2D eigenvalue weighted by Gasteiger charge is -2.13. The van der Waals surface area contributed by atoms with E-state index in [0.717, 1.165) is 0 Å². The van der Waals surface area contributed by atoms with Crippen LogP contribution in [-0.2, 0) is 0 Å². The Balaban J connectivity index is 1.96. The average molecular weight is 289 g/mol. The number of rotatable bonds is 6. The van der Waals surface area contributed by atoms with Crippen molar-refractivity contribution in [3.8, 4) is 22.8 Å². The van der Waals surface area contributed by atoms with Crippen molar-refractivity contribution >= 4 is 5.97 Å². The number of aromatic nitrogens is 1. The van der Waals surface area contributed by atoms with Crippen molar-refractivity contribution in [3.63, 3.8) is 0 Å². The number of methoxy groups -OCH3 is 1. The summed E-state index contributed by atoms with van der Waals surface area (Å²) in [4.78, 5) is 10.9. The molecule has 1 N–H and O–H groups in total. The zero-order valence-corrected chi connectivity index (χ0v) is 11.5. The Bertz CT molecular complexity index is 660. The smallest absolute Gasteiger partial charge is 0.374 e. The minimum absolute atomic E-state index is 0.207. The van der Waals surface area contributed by atoms with E-state index in [4.69, 9.17) is 19.1 Å². The van der Waals surface area contributed by atoms with Crippen molar-refractivity contribution in [2.24, 2.45) is 5.92 Å². The van der Waals surface area contributed by atoms with Crippen molar-refractivity contribution in [2.45, 2.75) is 12.8 Å². The number of hydrogen-bond acceptors (Lipinski definition) is 5. The van der Waals surface area contributed by atoms with Gasteiger partial charge in [0.2, 0.25) is 5.76 Å². The molecule has 1 aromatic carbocycles. The van der Waals surface area contributed by atoms with Crippen LogP contribution in [0.4, 0.5) is 0 Å². The van der Waals surface area contributed by atoms with E-state index in [9.17, 15) is 4.79 Å². The minimum Gasteiger partial charge on any atom is -0.493 e. The normalized spacial score (nSPS) is 14.0. The molecule has 0 aliphatic heterocycles. The van der Waals surface area contributed by atoms with Crippen LogP contribution in [0.1, 0.15) is 23.4 Å². The molecule has 0 atom stereocenters. The van der Waals surface area contributed by atoms with Gasteiger partial charge in [0.25, 0.3) is 0 Å². The third-order valence-corrected chi connectivity index (χ3v) is 3.36. The maximum absolute atomic E-state index is 10.9. The molecule has 0 amide bonds. The summed E-state index contributed by atoms with van der Waals surface area (Å²) in [5.41, 5.74) is 1.07. The van der Waals surface area contributed by atoms with E-state index in [1.165, 1.54) is 18.9 Å². The number of nitrogens with zero attached hydrogens (tertiary/aromatic N) is 1. The first-order valence-corrected chi connectivity index (χ1v) is 6.69. The molecule has 6 heteroatoms. The van der Waals surface area contributed by atoms with Gasteiger partial charge < -0.3 is 19.1 Å². The molecule has 1 aliphatic carbocycles. The molecule has 1 heterocycles. The van der Waals surface area contributed by atoms with Crippen LogP contribution in [0, 0.1) is 5.92 Å². The highest BCUT2D eigenvalue weighted by Crippen LogP contribution is 2.39. The second-order valence-electron chi connectivity index (χ2n) is 4.97. The number of carboxylic acid groups (broad SMARTS) is 1. The molecule has 110 valence electrons. The van der Waals surface area contributed by atoms with Gasteiger partial charge in [-0.1, -0.05) is 11.2 Å². The van der Waals surface area contributed by atoms with E-state index in [-0.39, 0.29) is 5.76 Å². The van der Waals surface area contributed by atoms with Crippen molar-refractivity contribution < 1.29 is 23.9 Å². The van der Waals surface area contributed by atoms with Gasteiger partial charge in [-0.2, -0.15) is 0 Å². The van der Waals surface area contributed by atoms with E-state index in [1.54, 1.807) is 25.3 Å². The molecule has 1 fully saturated rings. The van der Waals surface area contributed by atoms with E-state index in [2.05, 4.69) is 5.16 Å². The Morgan fingerprint density at radius 3 is 2.90 bits per heavy atom. The summed E-state index contributed by atoms with van der Waals surface area (Å²) in [5.74, 6) is 0.387. The Morgan fingerprint density at radius 1 is 1.48 bits per heavy atom. The number of para-hydroxylation sites is 1. The average Bonchev–Trinajstić information content (AvgIpc) is 3.18. The van der Waals surface area contributed by atoms with Gasteiger partial charge in [0.05, 0.1) is 13.7 Å². The molecule has 0 unspecified atom stereocenters. The molecule has 0 spiro atoms. The summed E-state index contributed by atoms with van der Waals surface area (Å²) >= 11 is 0. The fourth-order valence-corrected chi connectivity index (χ4v) is 2.02. The van der Waals surface area contributed by atoms with E-state index in [0.29, 0.717) is 35.3 Å². The van der Waals surface area contributed by atoms with Gasteiger partial charge in [0.1, 0.15) is 5.69 Å². The topological polar surface area (TPSA) is 81.8 Å². The number of carbonyl (C=O) groups is 1. The Hall–Kier alpha value is -2.50. The lowest BCUT2D eigenvalue weighted by atomic mass is 10.1. The van der Waals surface area contributed by atoms with Crippen molar-refractivity contribution in [2.75, 3.05) is 13.7 Å². The van der Waals surface area contributed by atoms with E-state index >= 15 is 0 Å². The van der Waals surface area contributed by atoms with Crippen LogP contribution in [0.15, 0.2) is 28.8 Å². The van der Waals surface area contributed by atoms with Crippen LogP contribution in [-0.4, -0.2) is 29.9 Å². The fourth-order valence-electron chi connectivity index (χ4n) is 2.02. The van der Waals surface area contributed by atoms with Crippen molar-refractivity contribution in [1.29, 1.82) is 0 Å². The van der Waals surface area contributed by atoms with Gasteiger partial charge in [-0.25, -0.2) is 4.79 Å². The Morgan fingerprint density at radius 2 is 2.29 bits per heavy atom. The molecule has 1 saturated carbocycles. The van der Waals surface area contributed by atoms with Gasteiger partial charge in [0, 0.05) is 11.6 Å². The molecule has 6 nitrogen and oxygen atoms in total. The number of hydrogen-bond donors (Lipinski definition) is 1. The summed E-state index contributed by atoms with van der Waals surface area (Å²) in [5, 5.41) is 12.7. The third-order valence-electron chi connectivity index (χ3n) is 3.36.